The normalized spacial score (nSPS) is 41.0. The molecule has 3 atom stereocenters. The Kier molecular flexibility index (Phi) is 11.2. The van der Waals surface area contributed by atoms with Crippen molar-refractivity contribution >= 4 is 34.4 Å². The van der Waals surface area contributed by atoms with Crippen LogP contribution in [0.25, 0.3) is 0 Å². The predicted molar refractivity (Wildman–Crippen MR) is 122 cm³/mol. The molecule has 3 unspecified atom stereocenters. The summed E-state index contributed by atoms with van der Waals surface area (Å²) in [6.07, 6.45) is 8.97. The monoisotopic (exact) mass is 776 g/mol. The van der Waals surface area contributed by atoms with Gasteiger partial charge in [0.05, 0.1) is 0 Å². The Morgan fingerprint density at radius 1 is 0.967 bits per heavy atom. The Balaban J connectivity index is 1.05. The first kappa shape index (κ1) is 25.2. The molecule has 3 aliphatic heterocycles. The van der Waals surface area contributed by atoms with Crippen molar-refractivity contribution in [3.8, 4) is 0 Å². The van der Waals surface area contributed by atoms with Crippen LogP contribution in [0.4, 0.5) is 0 Å². The number of halogens is 3. The van der Waals surface area contributed by atoms with Crippen LogP contribution in [-0.2, 0) is 18.9 Å². The van der Waals surface area contributed by atoms with E-state index in [9.17, 15) is 0 Å². The van der Waals surface area contributed by atoms with Crippen LogP contribution in [0.1, 0.15) is 39.0 Å². The van der Waals surface area contributed by atoms with Crippen molar-refractivity contribution < 1.29 is 61.4 Å². The van der Waals surface area contributed by atoms with Crippen LogP contribution in [-0.4, -0.2) is 58.8 Å². The molecule has 0 saturated carbocycles. The molecule has 3 fully saturated rings. The number of alkyl halides is 5. The first-order chi connectivity index (χ1) is 14.7. The number of hydrogen-bond acceptors (Lipinski definition) is 5. The van der Waals surface area contributed by atoms with Crippen LogP contribution in [0.2, 0.25) is 0 Å². The molecule has 4 rings (SSSR count). The summed E-state index contributed by atoms with van der Waals surface area (Å²) in [5.74, 6) is 3.64. The van der Waals surface area contributed by atoms with Crippen molar-refractivity contribution in [3.63, 3.8) is 0 Å². The van der Waals surface area contributed by atoms with Crippen LogP contribution in [0.15, 0.2) is 11.6 Å². The number of rotatable bonds is 7. The molecule has 4 nitrogen and oxygen atoms in total. The maximum absolute atomic E-state index is 6.09. The third kappa shape index (κ3) is 8.11. The van der Waals surface area contributed by atoms with Crippen LogP contribution in [0.3, 0.4) is 0 Å². The number of ether oxygens (including phenoxy) is 4. The van der Waals surface area contributed by atoms with E-state index in [1.165, 1.54) is 42.3 Å². The second-order valence-electron chi connectivity index (χ2n) is 8.78. The molecule has 0 aromatic rings. The van der Waals surface area contributed by atoms with E-state index in [1.54, 1.807) is 5.57 Å². The second kappa shape index (κ2) is 13.3. The average Bonchev–Trinajstić information content (AvgIpc) is 2.79. The van der Waals surface area contributed by atoms with Crippen molar-refractivity contribution in [2.45, 2.75) is 56.8 Å². The van der Waals surface area contributed by atoms with Crippen LogP contribution in [0, 0.1) is 17.8 Å². The van der Waals surface area contributed by atoms with Crippen molar-refractivity contribution in [2.24, 2.45) is 17.8 Å². The van der Waals surface area contributed by atoms with Crippen molar-refractivity contribution in [2.75, 3.05) is 41.0 Å². The predicted octanol–water partition coefficient (Wildman–Crippen LogP) is -1.50. The van der Waals surface area contributed by atoms with E-state index in [2.05, 4.69) is 47.4 Å². The van der Waals surface area contributed by atoms with Gasteiger partial charge in [-0.15, -0.1) is 0 Å². The zero-order valence-electron chi connectivity index (χ0n) is 17.8. The molecule has 30 heavy (non-hydrogen) atoms. The Labute approximate surface area is 220 Å². The summed E-state index contributed by atoms with van der Waals surface area (Å²) in [6.45, 7) is 5.83. The topological polar surface area (TPSA) is 36.9 Å². The quantitative estimate of drug-likeness (QED) is 0.179. The second-order valence-corrected chi connectivity index (χ2v) is 18.7. The maximum atomic E-state index is 6.09. The van der Waals surface area contributed by atoms with E-state index in [0.717, 1.165) is 45.9 Å². The van der Waals surface area contributed by atoms with E-state index in [4.69, 9.17) is 18.9 Å². The first-order valence-electron chi connectivity index (χ1n) is 11.2. The van der Waals surface area contributed by atoms with Gasteiger partial charge in [-0.2, -0.15) is 0 Å². The molecule has 0 bridgehead atoms. The summed E-state index contributed by atoms with van der Waals surface area (Å²) < 4.78 is 28.3. The number of thioether (sulfide) groups is 1. The molecule has 4 aliphatic rings. The van der Waals surface area contributed by atoms with Gasteiger partial charge < -0.3 is 0 Å². The standard InChI is InChI=1S/C22H35I3O4S/c1-15-2-5-17(6-3-15)18-10-28-22(29-11-18)25-9-21-26-12-19(13-27-21)24-8-16-4-7-20(23)30-14-16/h2,16-22H,3-14H2,1H3/q-2. The van der Waals surface area contributed by atoms with Gasteiger partial charge in [0.25, 0.3) is 0 Å². The van der Waals surface area contributed by atoms with E-state index in [-0.39, 0.29) is 53.0 Å². The summed E-state index contributed by atoms with van der Waals surface area (Å²) in [5.41, 5.74) is 1.55. The van der Waals surface area contributed by atoms with Crippen molar-refractivity contribution in [1.82, 2.24) is 0 Å². The molecule has 176 valence electrons. The number of allylic oxidation sites excluding steroid dienone is 2. The van der Waals surface area contributed by atoms with Gasteiger partial charge >= 0.3 is 223 Å². The summed E-state index contributed by atoms with van der Waals surface area (Å²) in [6, 6.07) is 0. The van der Waals surface area contributed by atoms with Gasteiger partial charge in [-0.1, -0.05) is 0 Å². The molecule has 0 spiro atoms. The number of hydrogen-bond donors (Lipinski definition) is 0. The summed E-state index contributed by atoms with van der Waals surface area (Å²) in [7, 11) is 0. The van der Waals surface area contributed by atoms with Gasteiger partial charge in [-0.05, 0) is 0 Å². The average molecular weight is 776 g/mol. The molecule has 3 saturated heterocycles. The van der Waals surface area contributed by atoms with Gasteiger partial charge in [0, 0.05) is 0 Å². The zero-order valence-corrected chi connectivity index (χ0v) is 25.1. The third-order valence-corrected chi connectivity index (χ3v) is 15.7. The Hall–Kier alpha value is 2.12. The Morgan fingerprint density at radius 3 is 2.43 bits per heavy atom. The van der Waals surface area contributed by atoms with E-state index < -0.39 is 0 Å². The first-order valence-corrected chi connectivity index (χ1v) is 19.0. The van der Waals surface area contributed by atoms with Crippen molar-refractivity contribution in [3.05, 3.63) is 11.6 Å². The fourth-order valence-corrected chi connectivity index (χ4v) is 12.1. The van der Waals surface area contributed by atoms with E-state index >= 15 is 0 Å². The van der Waals surface area contributed by atoms with Gasteiger partial charge in [-0.3, -0.25) is 0 Å². The molecule has 8 heteroatoms. The molecule has 3 heterocycles. The summed E-state index contributed by atoms with van der Waals surface area (Å²) in [4.78, 5) is 0. The van der Waals surface area contributed by atoms with Crippen LogP contribution >= 0.6 is 34.4 Å². The molecule has 0 radical (unpaired) electrons. The fourth-order valence-electron chi connectivity index (χ4n) is 4.26. The van der Waals surface area contributed by atoms with E-state index in [1.807, 2.05) is 0 Å². The summed E-state index contributed by atoms with van der Waals surface area (Å²) >= 11 is 4.74. The van der Waals surface area contributed by atoms with Crippen molar-refractivity contribution in [1.29, 1.82) is 0 Å². The molecular formula is C22H35I3O4S-2. The zero-order chi connectivity index (χ0) is 20.8. The van der Waals surface area contributed by atoms with Gasteiger partial charge in [-0.25, -0.2) is 0 Å². The van der Waals surface area contributed by atoms with Gasteiger partial charge in [0.15, 0.2) is 0 Å². The van der Waals surface area contributed by atoms with Gasteiger partial charge in [0.2, 0.25) is 0 Å². The minimum atomic E-state index is -0.206. The molecule has 0 amide bonds. The van der Waals surface area contributed by atoms with Gasteiger partial charge in [0.1, 0.15) is 0 Å². The summed E-state index contributed by atoms with van der Waals surface area (Å²) in [5, 5.41) is 0. The Bertz CT molecular complexity index is 543. The van der Waals surface area contributed by atoms with Crippen LogP contribution < -0.4 is 42.4 Å². The molecule has 1 aliphatic carbocycles. The minimum absolute atomic E-state index is 0.0144. The molecular weight excluding hydrogens is 741 g/mol. The fraction of sp³-hybridized carbons (Fsp3) is 0.909. The molecule has 0 N–H and O–H groups in total. The molecule has 0 aromatic carbocycles. The SMILES string of the molecule is CC1=CCC(C2COC([I-]CC3OCC([I-]CC4CCC(I)SC4)CO3)OC2)CC1. The third-order valence-electron chi connectivity index (χ3n) is 6.34. The van der Waals surface area contributed by atoms with E-state index in [0.29, 0.717) is 9.84 Å². The Morgan fingerprint density at radius 2 is 1.77 bits per heavy atom. The molecule has 0 aromatic heterocycles. The van der Waals surface area contributed by atoms with Crippen LogP contribution in [0.5, 0.6) is 0 Å².